The first-order valence-electron chi connectivity index (χ1n) is 7.15. The number of rotatable bonds is 3. The Hall–Kier alpha value is -2.11. The molecule has 0 spiro atoms. The van der Waals surface area contributed by atoms with Crippen molar-refractivity contribution in [1.82, 2.24) is 20.2 Å². The van der Waals surface area contributed by atoms with Crippen LogP contribution in [0.4, 0.5) is 11.4 Å². The van der Waals surface area contributed by atoms with Crippen molar-refractivity contribution in [3.05, 3.63) is 18.2 Å². The molecule has 1 aliphatic carbocycles. The Labute approximate surface area is 118 Å². The molecule has 106 valence electrons. The molecule has 1 saturated carbocycles. The SMILES string of the molecule is Nc1cc(N)cc(-c2nnnn2CC2CCCCC2)c1. The highest BCUT2D eigenvalue weighted by Crippen LogP contribution is 2.27. The zero-order valence-corrected chi connectivity index (χ0v) is 11.5. The third kappa shape index (κ3) is 2.74. The van der Waals surface area contributed by atoms with E-state index >= 15 is 0 Å². The summed E-state index contributed by atoms with van der Waals surface area (Å²) in [7, 11) is 0. The van der Waals surface area contributed by atoms with E-state index in [2.05, 4.69) is 15.5 Å². The second-order valence-electron chi connectivity index (χ2n) is 5.58. The fourth-order valence-corrected chi connectivity index (χ4v) is 2.95. The average molecular weight is 272 g/mol. The largest absolute Gasteiger partial charge is 0.399 e. The van der Waals surface area contributed by atoms with E-state index in [-0.39, 0.29) is 0 Å². The summed E-state index contributed by atoms with van der Waals surface area (Å²) in [5.74, 6) is 1.42. The molecule has 0 atom stereocenters. The molecular formula is C14H20N6. The Morgan fingerprint density at radius 1 is 1.05 bits per heavy atom. The number of aromatic nitrogens is 4. The van der Waals surface area contributed by atoms with Crippen molar-refractivity contribution in [3.63, 3.8) is 0 Å². The number of tetrazole rings is 1. The van der Waals surface area contributed by atoms with E-state index in [1.54, 1.807) is 6.07 Å². The second-order valence-corrected chi connectivity index (χ2v) is 5.58. The molecule has 2 aromatic rings. The minimum atomic E-state index is 0.632. The van der Waals surface area contributed by atoms with Crippen molar-refractivity contribution in [2.24, 2.45) is 5.92 Å². The first-order chi connectivity index (χ1) is 9.72. The van der Waals surface area contributed by atoms with Crippen molar-refractivity contribution >= 4 is 11.4 Å². The molecule has 1 aliphatic rings. The summed E-state index contributed by atoms with van der Waals surface area (Å²) in [6.45, 7) is 0.872. The summed E-state index contributed by atoms with van der Waals surface area (Å²) in [4.78, 5) is 0. The Morgan fingerprint density at radius 2 is 1.75 bits per heavy atom. The van der Waals surface area contributed by atoms with Gasteiger partial charge in [0.05, 0.1) is 0 Å². The lowest BCUT2D eigenvalue weighted by molar-refractivity contribution is 0.307. The maximum atomic E-state index is 5.84. The highest BCUT2D eigenvalue weighted by molar-refractivity contribution is 5.67. The second kappa shape index (κ2) is 5.48. The van der Waals surface area contributed by atoms with Crippen LogP contribution in [0.5, 0.6) is 0 Å². The molecule has 0 unspecified atom stereocenters. The zero-order valence-electron chi connectivity index (χ0n) is 11.5. The summed E-state index contributed by atoms with van der Waals surface area (Å²) in [5.41, 5.74) is 13.8. The minimum absolute atomic E-state index is 0.632. The molecule has 3 rings (SSSR count). The van der Waals surface area contributed by atoms with Crippen molar-refractivity contribution in [2.75, 3.05) is 11.5 Å². The maximum Gasteiger partial charge on any atom is 0.182 e. The van der Waals surface area contributed by atoms with Crippen LogP contribution in [0.2, 0.25) is 0 Å². The van der Waals surface area contributed by atoms with Crippen molar-refractivity contribution in [3.8, 4) is 11.4 Å². The van der Waals surface area contributed by atoms with Crippen LogP contribution in [-0.2, 0) is 6.54 Å². The van der Waals surface area contributed by atoms with Gasteiger partial charge in [0.25, 0.3) is 0 Å². The van der Waals surface area contributed by atoms with Crippen LogP contribution < -0.4 is 11.5 Å². The molecule has 6 nitrogen and oxygen atoms in total. The Morgan fingerprint density at radius 3 is 2.45 bits per heavy atom. The molecule has 1 heterocycles. The minimum Gasteiger partial charge on any atom is -0.399 e. The lowest BCUT2D eigenvalue weighted by Gasteiger charge is -2.21. The van der Waals surface area contributed by atoms with Crippen LogP contribution in [0.1, 0.15) is 32.1 Å². The first kappa shape index (κ1) is 12.9. The van der Waals surface area contributed by atoms with E-state index in [9.17, 15) is 0 Å². The van der Waals surface area contributed by atoms with Gasteiger partial charge in [0.15, 0.2) is 5.82 Å². The van der Waals surface area contributed by atoms with Crippen LogP contribution in [0.3, 0.4) is 0 Å². The molecule has 0 aliphatic heterocycles. The van der Waals surface area contributed by atoms with Gasteiger partial charge in [-0.05, 0) is 47.4 Å². The summed E-state index contributed by atoms with van der Waals surface area (Å²) < 4.78 is 1.88. The number of nitrogen functional groups attached to an aromatic ring is 2. The number of hydrogen-bond acceptors (Lipinski definition) is 5. The van der Waals surface area contributed by atoms with E-state index in [4.69, 9.17) is 11.5 Å². The normalized spacial score (nSPS) is 16.4. The van der Waals surface area contributed by atoms with Gasteiger partial charge in [-0.3, -0.25) is 0 Å². The number of benzene rings is 1. The monoisotopic (exact) mass is 272 g/mol. The van der Waals surface area contributed by atoms with E-state index in [1.165, 1.54) is 32.1 Å². The third-order valence-electron chi connectivity index (χ3n) is 3.92. The molecular weight excluding hydrogens is 252 g/mol. The van der Waals surface area contributed by atoms with Gasteiger partial charge in [0, 0.05) is 23.5 Å². The molecule has 20 heavy (non-hydrogen) atoms. The van der Waals surface area contributed by atoms with Crippen molar-refractivity contribution < 1.29 is 0 Å². The van der Waals surface area contributed by atoms with E-state index in [1.807, 2.05) is 16.8 Å². The molecule has 0 saturated heterocycles. The smallest absolute Gasteiger partial charge is 0.182 e. The van der Waals surface area contributed by atoms with Crippen LogP contribution in [-0.4, -0.2) is 20.2 Å². The van der Waals surface area contributed by atoms with Gasteiger partial charge in [0.1, 0.15) is 0 Å². The molecule has 1 aromatic carbocycles. The van der Waals surface area contributed by atoms with Crippen LogP contribution in [0.15, 0.2) is 18.2 Å². The van der Waals surface area contributed by atoms with E-state index in [0.717, 1.165) is 17.9 Å². The van der Waals surface area contributed by atoms with Crippen molar-refractivity contribution in [2.45, 2.75) is 38.6 Å². The topological polar surface area (TPSA) is 95.6 Å². The number of nitrogens with zero attached hydrogens (tertiary/aromatic N) is 4. The first-order valence-corrected chi connectivity index (χ1v) is 7.15. The van der Waals surface area contributed by atoms with Gasteiger partial charge in [-0.15, -0.1) is 5.10 Å². The molecule has 1 fully saturated rings. The predicted octanol–water partition coefficient (Wildman–Crippen LogP) is 2.08. The van der Waals surface area contributed by atoms with Gasteiger partial charge in [-0.25, -0.2) is 4.68 Å². The highest BCUT2D eigenvalue weighted by atomic mass is 15.5. The zero-order chi connectivity index (χ0) is 13.9. The molecule has 0 bridgehead atoms. The summed E-state index contributed by atoms with van der Waals surface area (Å²) >= 11 is 0. The molecule has 1 aromatic heterocycles. The van der Waals surface area contributed by atoms with E-state index < -0.39 is 0 Å². The fourth-order valence-electron chi connectivity index (χ4n) is 2.95. The van der Waals surface area contributed by atoms with Gasteiger partial charge >= 0.3 is 0 Å². The lowest BCUT2D eigenvalue weighted by Crippen LogP contribution is -2.16. The number of anilines is 2. The summed E-state index contributed by atoms with van der Waals surface area (Å²) in [6, 6.07) is 5.46. The quantitative estimate of drug-likeness (QED) is 0.834. The van der Waals surface area contributed by atoms with Crippen LogP contribution >= 0.6 is 0 Å². The van der Waals surface area contributed by atoms with Crippen LogP contribution in [0.25, 0.3) is 11.4 Å². The molecule has 0 radical (unpaired) electrons. The Kier molecular flexibility index (Phi) is 3.54. The van der Waals surface area contributed by atoms with Gasteiger partial charge in [-0.2, -0.15) is 0 Å². The van der Waals surface area contributed by atoms with Crippen LogP contribution in [0, 0.1) is 5.92 Å². The molecule has 4 N–H and O–H groups in total. The van der Waals surface area contributed by atoms with Gasteiger partial charge in [-0.1, -0.05) is 19.3 Å². The molecule has 6 heteroatoms. The van der Waals surface area contributed by atoms with Crippen molar-refractivity contribution in [1.29, 1.82) is 0 Å². The lowest BCUT2D eigenvalue weighted by atomic mass is 9.89. The third-order valence-corrected chi connectivity index (χ3v) is 3.92. The Balaban J connectivity index is 1.85. The van der Waals surface area contributed by atoms with Gasteiger partial charge in [0.2, 0.25) is 0 Å². The average Bonchev–Trinajstić information content (AvgIpc) is 2.87. The standard InChI is InChI=1S/C14H20N6/c15-12-6-11(7-13(16)8-12)14-17-18-19-20(14)9-10-4-2-1-3-5-10/h6-8,10H,1-5,9,15-16H2. The summed E-state index contributed by atoms with van der Waals surface area (Å²) in [5, 5.41) is 12.0. The highest BCUT2D eigenvalue weighted by Gasteiger charge is 2.17. The number of nitrogens with two attached hydrogens (primary N) is 2. The predicted molar refractivity (Wildman–Crippen MR) is 78.7 cm³/mol. The maximum absolute atomic E-state index is 5.84. The number of hydrogen-bond donors (Lipinski definition) is 2. The Bertz CT molecular complexity index is 565. The van der Waals surface area contributed by atoms with Gasteiger partial charge < -0.3 is 11.5 Å². The summed E-state index contributed by atoms with van der Waals surface area (Å²) in [6.07, 6.45) is 6.50. The molecule has 0 amide bonds. The fraction of sp³-hybridized carbons (Fsp3) is 0.500. The van der Waals surface area contributed by atoms with E-state index in [0.29, 0.717) is 17.3 Å².